The fourth-order valence-electron chi connectivity index (χ4n) is 4.89. The smallest absolute Gasteiger partial charge is 0.411 e. The Balaban J connectivity index is 1.53. The van der Waals surface area contributed by atoms with E-state index in [0.29, 0.717) is 18.5 Å². The van der Waals surface area contributed by atoms with Crippen LogP contribution in [-0.2, 0) is 20.4 Å². The van der Waals surface area contributed by atoms with Crippen LogP contribution in [0, 0.1) is 11.6 Å². The molecule has 1 heterocycles. The summed E-state index contributed by atoms with van der Waals surface area (Å²) in [6, 6.07) is 19.1. The quantitative estimate of drug-likeness (QED) is 0.396. The number of nitrogens with zero attached hydrogens (tertiary/aromatic N) is 2. The Bertz CT molecular complexity index is 1400. The second kappa shape index (κ2) is 11.4. The molecular formula is C29H32F2N2O5S. The van der Waals surface area contributed by atoms with Crippen LogP contribution in [0.1, 0.15) is 36.9 Å². The molecule has 39 heavy (non-hydrogen) atoms. The first-order valence-corrected chi connectivity index (χ1v) is 14.4. The fraction of sp³-hybridized carbons (Fsp3) is 0.345. The van der Waals surface area contributed by atoms with Crippen LogP contribution in [0.15, 0.2) is 72.8 Å². The number of halogens is 2. The third kappa shape index (κ3) is 6.63. The van der Waals surface area contributed by atoms with Crippen molar-refractivity contribution in [3.05, 3.63) is 95.6 Å². The van der Waals surface area contributed by atoms with E-state index in [-0.39, 0.29) is 24.8 Å². The maximum absolute atomic E-state index is 13.7. The number of benzene rings is 3. The first-order valence-electron chi connectivity index (χ1n) is 12.6. The van der Waals surface area contributed by atoms with Gasteiger partial charge in [0, 0.05) is 33.0 Å². The third-order valence-electron chi connectivity index (χ3n) is 7.28. The topological polar surface area (TPSA) is 87.2 Å². The summed E-state index contributed by atoms with van der Waals surface area (Å²) in [4.78, 5) is 14.9. The molecule has 1 saturated heterocycles. The molecule has 3 aromatic rings. The van der Waals surface area contributed by atoms with Crippen LogP contribution in [0.4, 0.5) is 13.6 Å². The number of sulfonamides is 1. The van der Waals surface area contributed by atoms with Crippen molar-refractivity contribution >= 4 is 16.1 Å². The third-order valence-corrected chi connectivity index (χ3v) is 8.56. The number of amides is 1. The first kappa shape index (κ1) is 28.7. The molecule has 0 saturated carbocycles. The maximum atomic E-state index is 13.7. The summed E-state index contributed by atoms with van der Waals surface area (Å²) in [6.07, 6.45) is -0.433. The summed E-state index contributed by atoms with van der Waals surface area (Å²) >= 11 is 0. The average Bonchev–Trinajstić information content (AvgIpc) is 2.88. The van der Waals surface area contributed by atoms with Crippen LogP contribution < -0.4 is 0 Å². The van der Waals surface area contributed by atoms with Crippen molar-refractivity contribution in [3.63, 3.8) is 0 Å². The summed E-state index contributed by atoms with van der Waals surface area (Å²) in [5, 5.41) is 10.8. The van der Waals surface area contributed by atoms with Crippen LogP contribution in [0.25, 0.3) is 11.1 Å². The van der Waals surface area contributed by atoms with Gasteiger partial charge in [0.1, 0.15) is 17.2 Å². The predicted molar refractivity (Wildman–Crippen MR) is 144 cm³/mol. The molecule has 1 N–H and O–H groups in total. The van der Waals surface area contributed by atoms with E-state index in [0.717, 1.165) is 27.3 Å². The van der Waals surface area contributed by atoms with Gasteiger partial charge in [0.25, 0.3) is 0 Å². The average molecular weight is 559 g/mol. The number of likely N-dealkylation sites (N-methyl/N-ethyl adjacent to an activating group) is 1. The van der Waals surface area contributed by atoms with Crippen LogP contribution in [0.3, 0.4) is 0 Å². The van der Waals surface area contributed by atoms with Gasteiger partial charge in [0.15, 0.2) is 0 Å². The van der Waals surface area contributed by atoms with Crippen LogP contribution in [-0.4, -0.2) is 61.3 Å². The van der Waals surface area contributed by atoms with Gasteiger partial charge in [-0.2, -0.15) is 0 Å². The minimum absolute atomic E-state index is 0.0567. The van der Waals surface area contributed by atoms with Gasteiger partial charge >= 0.3 is 6.09 Å². The number of aliphatic hydroxyl groups is 1. The van der Waals surface area contributed by atoms with Crippen LogP contribution >= 0.6 is 0 Å². The van der Waals surface area contributed by atoms with Crippen molar-refractivity contribution in [1.29, 1.82) is 0 Å². The zero-order valence-corrected chi connectivity index (χ0v) is 22.9. The minimum Gasteiger partial charge on any atom is -0.438 e. The molecular weight excluding hydrogens is 526 g/mol. The molecule has 7 nitrogen and oxygen atoms in total. The van der Waals surface area contributed by atoms with Gasteiger partial charge < -0.3 is 14.7 Å². The molecule has 3 atom stereocenters. The summed E-state index contributed by atoms with van der Waals surface area (Å²) in [6.45, 7) is 2.00. The maximum Gasteiger partial charge on any atom is 0.411 e. The zero-order chi connectivity index (χ0) is 28.4. The number of hydrogen-bond acceptors (Lipinski definition) is 5. The summed E-state index contributed by atoms with van der Waals surface area (Å²) < 4.78 is 57.6. The van der Waals surface area contributed by atoms with Crippen molar-refractivity contribution < 1.29 is 31.8 Å². The molecule has 0 spiro atoms. The molecule has 0 bridgehead atoms. The van der Waals surface area contributed by atoms with Gasteiger partial charge in [-0.1, -0.05) is 48.5 Å². The van der Waals surface area contributed by atoms with Crippen molar-refractivity contribution in [2.45, 2.75) is 37.5 Å². The number of ether oxygens (including phenoxy) is 1. The molecule has 2 unspecified atom stereocenters. The minimum atomic E-state index is -3.52. The van der Waals surface area contributed by atoms with Crippen molar-refractivity contribution in [3.8, 4) is 11.1 Å². The highest BCUT2D eigenvalue weighted by Gasteiger charge is 2.45. The van der Waals surface area contributed by atoms with Gasteiger partial charge in [-0.05, 0) is 53.4 Å². The monoisotopic (exact) mass is 558 g/mol. The SMILES string of the molecule is C[C@@H](c1ccc(-c2ccc(F)cc2)cc1)N1CCC(CC(O)CN(C)S(C)(=O)=O)(c2ccc(F)cc2)OC1=O. The van der Waals surface area contributed by atoms with Crippen LogP contribution in [0.2, 0.25) is 0 Å². The summed E-state index contributed by atoms with van der Waals surface area (Å²) in [5.41, 5.74) is 1.93. The zero-order valence-electron chi connectivity index (χ0n) is 22.1. The number of carbonyl (C=O) groups excluding carboxylic acids is 1. The number of carbonyl (C=O) groups is 1. The molecule has 1 aliphatic heterocycles. The van der Waals surface area contributed by atoms with Gasteiger partial charge in [-0.3, -0.25) is 0 Å². The lowest BCUT2D eigenvalue weighted by atomic mass is 9.83. The number of hydrogen-bond donors (Lipinski definition) is 1. The van der Waals surface area contributed by atoms with E-state index in [1.807, 2.05) is 31.2 Å². The standard InChI is InChI=1S/C29H32F2N2O5S/c1-20(21-4-6-22(7-5-21)23-8-12-25(30)13-9-23)33-17-16-29(38-28(33)35,24-10-14-26(31)15-11-24)18-27(34)19-32(2)39(3,36)37/h4-15,20,27,34H,16-19H2,1-3H3/t20-,27?,29?/m0/s1. The van der Waals surface area contributed by atoms with E-state index in [1.54, 1.807) is 17.0 Å². The van der Waals surface area contributed by atoms with E-state index in [4.69, 9.17) is 4.74 Å². The highest BCUT2D eigenvalue weighted by molar-refractivity contribution is 7.88. The van der Waals surface area contributed by atoms with Crippen molar-refractivity contribution in [1.82, 2.24) is 9.21 Å². The number of rotatable bonds is 9. The summed E-state index contributed by atoms with van der Waals surface area (Å²) in [7, 11) is -2.16. The number of aliphatic hydroxyl groups excluding tert-OH is 1. The van der Waals surface area contributed by atoms with Crippen molar-refractivity contribution in [2.75, 3.05) is 26.4 Å². The lowest BCUT2D eigenvalue weighted by Gasteiger charge is -2.44. The number of cyclic esters (lactones) is 1. The Morgan fingerprint density at radius 2 is 1.49 bits per heavy atom. The van der Waals surface area contributed by atoms with E-state index >= 15 is 0 Å². The van der Waals surface area contributed by atoms with Crippen molar-refractivity contribution in [2.24, 2.45) is 0 Å². The van der Waals surface area contributed by atoms with Gasteiger partial charge in [0.2, 0.25) is 10.0 Å². The van der Waals surface area contributed by atoms with Gasteiger partial charge in [-0.15, -0.1) is 0 Å². The van der Waals surface area contributed by atoms with E-state index in [2.05, 4.69) is 0 Å². The molecule has 1 aliphatic rings. The molecule has 3 aromatic carbocycles. The fourth-order valence-corrected chi connectivity index (χ4v) is 5.34. The lowest BCUT2D eigenvalue weighted by Crippen LogP contribution is -2.50. The Hall–Kier alpha value is -3.34. The highest BCUT2D eigenvalue weighted by atomic mass is 32.2. The molecule has 1 fully saturated rings. The second-order valence-electron chi connectivity index (χ2n) is 10.0. The normalized spacial score (nSPS) is 19.6. The molecule has 4 rings (SSSR count). The molecule has 1 amide bonds. The predicted octanol–water partition coefficient (Wildman–Crippen LogP) is 5.07. The Morgan fingerprint density at radius 1 is 0.974 bits per heavy atom. The Morgan fingerprint density at radius 3 is 2.00 bits per heavy atom. The molecule has 0 radical (unpaired) electrons. The molecule has 0 aliphatic carbocycles. The Kier molecular flexibility index (Phi) is 8.39. The second-order valence-corrected chi connectivity index (χ2v) is 12.1. The molecule has 10 heteroatoms. The van der Waals surface area contributed by atoms with Gasteiger partial charge in [0.05, 0.1) is 18.4 Å². The molecule has 0 aromatic heterocycles. The first-order chi connectivity index (χ1) is 18.4. The van der Waals surface area contributed by atoms with E-state index in [9.17, 15) is 27.1 Å². The summed E-state index contributed by atoms with van der Waals surface area (Å²) in [5.74, 6) is -0.757. The lowest BCUT2D eigenvalue weighted by molar-refractivity contribution is -0.0847. The molecule has 208 valence electrons. The van der Waals surface area contributed by atoms with E-state index < -0.39 is 33.6 Å². The Labute approximate surface area is 227 Å². The van der Waals surface area contributed by atoms with E-state index in [1.165, 1.54) is 43.4 Å². The van der Waals surface area contributed by atoms with Gasteiger partial charge in [-0.25, -0.2) is 26.3 Å². The van der Waals surface area contributed by atoms with Crippen LogP contribution in [0.5, 0.6) is 0 Å². The largest absolute Gasteiger partial charge is 0.438 e. The highest BCUT2D eigenvalue weighted by Crippen LogP contribution is 2.41.